The monoisotopic (exact) mass is 336 g/mol. The number of morpholine rings is 1. The first-order chi connectivity index (χ1) is 9.10. The third-order valence-electron chi connectivity index (χ3n) is 2.94. The van der Waals surface area contributed by atoms with Gasteiger partial charge in [0.25, 0.3) is 0 Å². The Hall–Kier alpha value is -0.660. The minimum atomic E-state index is -0.433. The average molecular weight is 337 g/mol. The zero-order chi connectivity index (χ0) is 14.3. The molecule has 1 rings (SSSR count). The zero-order valence-corrected chi connectivity index (χ0v) is 12.9. The van der Waals surface area contributed by atoms with Gasteiger partial charge in [-0.15, -0.1) is 0 Å². The maximum atomic E-state index is 12.0. The highest BCUT2D eigenvalue weighted by Gasteiger charge is 2.32. The Labute approximate surface area is 121 Å². The van der Waals surface area contributed by atoms with Gasteiger partial charge in [-0.05, 0) is 6.42 Å². The molecule has 0 spiro atoms. The average Bonchev–Trinajstić information content (AvgIpc) is 2.44. The molecule has 2 unspecified atom stereocenters. The Morgan fingerprint density at radius 3 is 2.95 bits per heavy atom. The standard InChI is InChI=1S/C12H21BrN2O4/c1-3-4-14-11(16)10-8-19-6-5-15(10)7-9(13)12(17)18-2/h9-10H,3-8H2,1-2H3,(H,14,16). The highest BCUT2D eigenvalue weighted by atomic mass is 79.9. The fourth-order valence-electron chi connectivity index (χ4n) is 1.87. The third kappa shape index (κ3) is 5.08. The van der Waals surface area contributed by atoms with E-state index in [0.29, 0.717) is 32.8 Å². The molecule has 1 amide bonds. The topological polar surface area (TPSA) is 67.9 Å². The second-order valence-electron chi connectivity index (χ2n) is 4.37. The van der Waals surface area contributed by atoms with Gasteiger partial charge < -0.3 is 14.8 Å². The van der Waals surface area contributed by atoms with Gasteiger partial charge in [0, 0.05) is 19.6 Å². The molecule has 1 heterocycles. The SMILES string of the molecule is CCCNC(=O)C1COCCN1CC(Br)C(=O)OC. The highest BCUT2D eigenvalue weighted by molar-refractivity contribution is 9.10. The number of halogens is 1. The second-order valence-corrected chi connectivity index (χ2v) is 5.47. The molecule has 1 fully saturated rings. The largest absolute Gasteiger partial charge is 0.468 e. The van der Waals surface area contributed by atoms with E-state index in [1.165, 1.54) is 7.11 Å². The van der Waals surface area contributed by atoms with Crippen molar-refractivity contribution in [1.82, 2.24) is 10.2 Å². The zero-order valence-electron chi connectivity index (χ0n) is 11.4. The molecule has 0 bridgehead atoms. The van der Waals surface area contributed by atoms with Crippen molar-refractivity contribution in [2.24, 2.45) is 0 Å². The van der Waals surface area contributed by atoms with Crippen LogP contribution in [0.2, 0.25) is 0 Å². The Morgan fingerprint density at radius 2 is 2.32 bits per heavy atom. The molecule has 0 aliphatic carbocycles. The number of ether oxygens (including phenoxy) is 2. The molecule has 0 aromatic rings. The van der Waals surface area contributed by atoms with Crippen LogP contribution in [0.5, 0.6) is 0 Å². The molecule has 19 heavy (non-hydrogen) atoms. The smallest absolute Gasteiger partial charge is 0.320 e. The fraction of sp³-hybridized carbons (Fsp3) is 0.833. The fourth-order valence-corrected chi connectivity index (χ4v) is 2.43. The lowest BCUT2D eigenvalue weighted by molar-refractivity contribution is -0.142. The molecule has 1 N–H and O–H groups in total. The number of hydrogen-bond donors (Lipinski definition) is 1. The van der Waals surface area contributed by atoms with Crippen LogP contribution in [0.3, 0.4) is 0 Å². The normalized spacial score (nSPS) is 21.7. The predicted octanol–water partition coefficient (Wildman–Crippen LogP) is 0.150. The number of carbonyl (C=O) groups excluding carboxylic acids is 2. The molecular formula is C12H21BrN2O4. The van der Waals surface area contributed by atoms with E-state index >= 15 is 0 Å². The van der Waals surface area contributed by atoms with E-state index in [2.05, 4.69) is 26.0 Å². The number of hydrogen-bond acceptors (Lipinski definition) is 5. The van der Waals surface area contributed by atoms with Crippen molar-refractivity contribution >= 4 is 27.8 Å². The van der Waals surface area contributed by atoms with Crippen LogP contribution in [-0.2, 0) is 19.1 Å². The van der Waals surface area contributed by atoms with Gasteiger partial charge in [-0.3, -0.25) is 14.5 Å². The molecule has 0 aromatic heterocycles. The summed E-state index contributed by atoms with van der Waals surface area (Å²) in [5, 5.41) is 2.86. The number of alkyl halides is 1. The molecule has 2 atom stereocenters. The van der Waals surface area contributed by atoms with Gasteiger partial charge in [0.1, 0.15) is 10.9 Å². The minimum absolute atomic E-state index is 0.0499. The van der Waals surface area contributed by atoms with E-state index in [9.17, 15) is 9.59 Å². The van der Waals surface area contributed by atoms with Crippen molar-refractivity contribution in [3.63, 3.8) is 0 Å². The van der Waals surface area contributed by atoms with Gasteiger partial charge in [0.05, 0.1) is 20.3 Å². The quantitative estimate of drug-likeness (QED) is 0.552. The molecular weight excluding hydrogens is 316 g/mol. The molecule has 6 nitrogen and oxygen atoms in total. The van der Waals surface area contributed by atoms with Gasteiger partial charge in [-0.25, -0.2) is 0 Å². The van der Waals surface area contributed by atoms with E-state index in [-0.39, 0.29) is 17.9 Å². The summed E-state index contributed by atoms with van der Waals surface area (Å²) in [5.74, 6) is -0.384. The van der Waals surface area contributed by atoms with Crippen LogP contribution in [0, 0.1) is 0 Å². The van der Waals surface area contributed by atoms with Crippen LogP contribution in [0.25, 0.3) is 0 Å². The summed E-state index contributed by atoms with van der Waals surface area (Å²) in [5.41, 5.74) is 0. The summed E-state index contributed by atoms with van der Waals surface area (Å²) >= 11 is 3.28. The summed E-state index contributed by atoms with van der Waals surface area (Å²) in [6, 6.07) is -0.343. The summed E-state index contributed by atoms with van der Waals surface area (Å²) in [7, 11) is 1.35. The Bertz CT molecular complexity index is 314. The first-order valence-corrected chi connectivity index (χ1v) is 7.33. The molecule has 110 valence electrons. The van der Waals surface area contributed by atoms with Crippen molar-refractivity contribution in [2.45, 2.75) is 24.2 Å². The molecule has 0 saturated carbocycles. The lowest BCUT2D eigenvalue weighted by atomic mass is 10.2. The predicted molar refractivity (Wildman–Crippen MR) is 74.2 cm³/mol. The first kappa shape index (κ1) is 16.4. The van der Waals surface area contributed by atoms with Crippen LogP contribution in [-0.4, -0.2) is 67.6 Å². The number of methoxy groups -OCH3 is 1. The Kier molecular flexibility index (Phi) is 7.33. The van der Waals surface area contributed by atoms with Crippen LogP contribution in [0.4, 0.5) is 0 Å². The lowest BCUT2D eigenvalue weighted by Crippen LogP contribution is -2.55. The summed E-state index contributed by atoms with van der Waals surface area (Å²) in [6.07, 6.45) is 0.891. The molecule has 0 aromatic carbocycles. The number of rotatable bonds is 6. The highest BCUT2D eigenvalue weighted by Crippen LogP contribution is 2.12. The molecule has 1 saturated heterocycles. The van der Waals surface area contributed by atoms with E-state index in [1.54, 1.807) is 0 Å². The minimum Gasteiger partial charge on any atom is -0.468 e. The second kappa shape index (κ2) is 8.50. The van der Waals surface area contributed by atoms with E-state index in [0.717, 1.165) is 6.42 Å². The van der Waals surface area contributed by atoms with Gasteiger partial charge >= 0.3 is 5.97 Å². The lowest BCUT2D eigenvalue weighted by Gasteiger charge is -2.35. The van der Waals surface area contributed by atoms with E-state index in [1.807, 2.05) is 11.8 Å². The van der Waals surface area contributed by atoms with Gasteiger partial charge in [-0.2, -0.15) is 0 Å². The van der Waals surface area contributed by atoms with Crippen LogP contribution in [0.1, 0.15) is 13.3 Å². The van der Waals surface area contributed by atoms with E-state index in [4.69, 9.17) is 4.74 Å². The van der Waals surface area contributed by atoms with Crippen molar-refractivity contribution in [2.75, 3.05) is 40.0 Å². The number of nitrogens with one attached hydrogen (secondary N) is 1. The molecule has 0 radical (unpaired) electrons. The molecule has 1 aliphatic heterocycles. The van der Waals surface area contributed by atoms with Gasteiger partial charge in [-0.1, -0.05) is 22.9 Å². The maximum absolute atomic E-state index is 12.0. The Balaban J connectivity index is 2.56. The number of amides is 1. The Morgan fingerprint density at radius 1 is 1.58 bits per heavy atom. The van der Waals surface area contributed by atoms with Gasteiger partial charge in [0.2, 0.25) is 5.91 Å². The van der Waals surface area contributed by atoms with Crippen molar-refractivity contribution in [1.29, 1.82) is 0 Å². The van der Waals surface area contributed by atoms with E-state index < -0.39 is 4.83 Å². The van der Waals surface area contributed by atoms with Crippen LogP contribution < -0.4 is 5.32 Å². The van der Waals surface area contributed by atoms with Crippen molar-refractivity contribution < 1.29 is 19.1 Å². The van der Waals surface area contributed by atoms with Gasteiger partial charge in [0.15, 0.2) is 0 Å². The number of carbonyl (C=O) groups is 2. The molecule has 7 heteroatoms. The van der Waals surface area contributed by atoms with Crippen molar-refractivity contribution in [3.05, 3.63) is 0 Å². The number of esters is 1. The molecule has 1 aliphatic rings. The summed E-state index contributed by atoms with van der Waals surface area (Å²) in [4.78, 5) is 24.9. The maximum Gasteiger partial charge on any atom is 0.320 e. The first-order valence-electron chi connectivity index (χ1n) is 6.41. The van der Waals surface area contributed by atoms with Crippen molar-refractivity contribution in [3.8, 4) is 0 Å². The van der Waals surface area contributed by atoms with Crippen LogP contribution >= 0.6 is 15.9 Å². The van der Waals surface area contributed by atoms with Crippen LogP contribution in [0.15, 0.2) is 0 Å². The number of nitrogens with zero attached hydrogens (tertiary/aromatic N) is 1. The summed E-state index contributed by atoms with van der Waals surface area (Å²) in [6.45, 7) is 4.64. The third-order valence-corrected chi connectivity index (χ3v) is 3.61. The summed E-state index contributed by atoms with van der Waals surface area (Å²) < 4.78 is 10.0.